The molecule has 1 heterocycles. The van der Waals surface area contributed by atoms with E-state index in [9.17, 15) is 13.2 Å². The first-order chi connectivity index (χ1) is 13.8. The van der Waals surface area contributed by atoms with Crippen LogP contribution in [0.15, 0.2) is 75.4 Å². The largest absolute Gasteiger partial charge is 0.497 e. The molecule has 6 nitrogen and oxygen atoms in total. The lowest BCUT2D eigenvalue weighted by molar-refractivity contribution is -0.121. The lowest BCUT2D eigenvalue weighted by atomic mass is 10.2. The summed E-state index contributed by atoms with van der Waals surface area (Å²) in [6.45, 7) is 3.77. The molecule has 0 aliphatic carbocycles. The van der Waals surface area contributed by atoms with Crippen LogP contribution in [0.3, 0.4) is 0 Å². The monoisotopic (exact) mass is 448 g/mol. The van der Waals surface area contributed by atoms with Gasteiger partial charge >= 0.3 is 0 Å². The Morgan fingerprint density at radius 2 is 1.83 bits per heavy atom. The van der Waals surface area contributed by atoms with Gasteiger partial charge in [0, 0.05) is 11.6 Å². The molecule has 0 saturated carbocycles. The standard InChI is InChI=1S/C20H17ClN2O4S2/c1-3-12-23-19(24)18(13-14-4-8-16(27-2)9-5-14)28-20(23)22-29(25,26)17-10-6-15(21)7-11-17/h3-11,13H,1,12H2,2H3. The molecule has 1 aliphatic rings. The van der Waals surface area contributed by atoms with Gasteiger partial charge in [-0.25, -0.2) is 0 Å². The number of halogens is 1. The second-order valence-electron chi connectivity index (χ2n) is 5.89. The number of sulfonamides is 1. The molecule has 1 fully saturated rings. The van der Waals surface area contributed by atoms with Crippen LogP contribution in [0, 0.1) is 0 Å². The van der Waals surface area contributed by atoms with Gasteiger partial charge in [-0.1, -0.05) is 29.8 Å². The highest BCUT2D eigenvalue weighted by Gasteiger charge is 2.34. The zero-order valence-corrected chi connectivity index (χ0v) is 17.8. The van der Waals surface area contributed by atoms with E-state index in [0.717, 1.165) is 17.3 Å². The van der Waals surface area contributed by atoms with Crippen molar-refractivity contribution < 1.29 is 17.9 Å². The Morgan fingerprint density at radius 1 is 1.17 bits per heavy atom. The third kappa shape index (κ3) is 4.90. The fourth-order valence-electron chi connectivity index (χ4n) is 2.48. The highest BCUT2D eigenvalue weighted by atomic mass is 35.5. The van der Waals surface area contributed by atoms with Gasteiger partial charge in [-0.3, -0.25) is 9.69 Å². The average molecular weight is 449 g/mol. The molecule has 1 amide bonds. The van der Waals surface area contributed by atoms with Crippen molar-refractivity contribution in [3.05, 3.63) is 76.7 Å². The van der Waals surface area contributed by atoms with Crippen molar-refractivity contribution in [1.29, 1.82) is 0 Å². The van der Waals surface area contributed by atoms with Crippen LogP contribution in [0.5, 0.6) is 5.75 Å². The Kier molecular flexibility index (Phi) is 6.46. The fraction of sp³-hybridized carbons (Fsp3) is 0.100. The van der Waals surface area contributed by atoms with E-state index in [0.29, 0.717) is 15.7 Å². The summed E-state index contributed by atoms with van der Waals surface area (Å²) in [4.78, 5) is 14.4. The molecule has 0 aromatic heterocycles. The molecule has 2 aromatic carbocycles. The van der Waals surface area contributed by atoms with Gasteiger partial charge in [-0.15, -0.1) is 11.0 Å². The molecular formula is C20H17ClN2O4S2. The summed E-state index contributed by atoms with van der Waals surface area (Å²) < 4.78 is 34.3. The number of hydrogen-bond acceptors (Lipinski definition) is 5. The minimum Gasteiger partial charge on any atom is -0.497 e. The molecule has 9 heteroatoms. The van der Waals surface area contributed by atoms with E-state index in [2.05, 4.69) is 11.0 Å². The molecule has 0 N–H and O–H groups in total. The minimum atomic E-state index is -4.00. The summed E-state index contributed by atoms with van der Waals surface area (Å²) in [7, 11) is -2.43. The number of amides is 1. The van der Waals surface area contributed by atoms with Crippen molar-refractivity contribution in [3.63, 3.8) is 0 Å². The third-order valence-electron chi connectivity index (χ3n) is 3.92. The molecule has 3 rings (SSSR count). The van der Waals surface area contributed by atoms with Gasteiger partial charge in [0.25, 0.3) is 15.9 Å². The maximum absolute atomic E-state index is 12.8. The van der Waals surface area contributed by atoms with Gasteiger partial charge in [0.15, 0.2) is 5.17 Å². The van der Waals surface area contributed by atoms with Gasteiger partial charge in [-0.2, -0.15) is 8.42 Å². The van der Waals surface area contributed by atoms with Gasteiger partial charge in [-0.05, 0) is 59.8 Å². The first-order valence-corrected chi connectivity index (χ1v) is 11.0. The summed E-state index contributed by atoms with van der Waals surface area (Å²) >= 11 is 6.82. The molecular weight excluding hydrogens is 432 g/mol. The molecule has 150 valence electrons. The van der Waals surface area contributed by atoms with E-state index in [1.165, 1.54) is 35.2 Å². The van der Waals surface area contributed by atoms with Crippen molar-refractivity contribution in [2.75, 3.05) is 13.7 Å². The Balaban J connectivity index is 1.96. The molecule has 29 heavy (non-hydrogen) atoms. The number of thioether (sulfide) groups is 1. The van der Waals surface area contributed by atoms with Crippen LogP contribution in [0.4, 0.5) is 0 Å². The SMILES string of the molecule is C=CCN1C(=O)C(=Cc2ccc(OC)cc2)SC1=NS(=O)(=O)c1ccc(Cl)cc1. The Bertz CT molecular complexity index is 1090. The van der Waals surface area contributed by atoms with E-state index >= 15 is 0 Å². The normalized spacial score (nSPS) is 17.2. The number of benzene rings is 2. The van der Waals surface area contributed by atoms with Crippen molar-refractivity contribution in [1.82, 2.24) is 4.90 Å². The molecule has 0 spiro atoms. The summed E-state index contributed by atoms with van der Waals surface area (Å²) in [5.74, 6) is 0.359. The zero-order valence-electron chi connectivity index (χ0n) is 15.4. The van der Waals surface area contributed by atoms with Crippen molar-refractivity contribution in [2.24, 2.45) is 4.40 Å². The number of hydrogen-bond donors (Lipinski definition) is 0. The van der Waals surface area contributed by atoms with E-state index in [-0.39, 0.29) is 22.5 Å². The smallest absolute Gasteiger partial charge is 0.284 e. The number of carbonyl (C=O) groups is 1. The van der Waals surface area contributed by atoms with E-state index in [1.807, 2.05) is 0 Å². The fourth-order valence-corrected chi connectivity index (χ4v) is 4.80. The third-order valence-corrected chi connectivity index (χ3v) is 6.58. The summed E-state index contributed by atoms with van der Waals surface area (Å²) in [5, 5.41) is 0.490. The van der Waals surface area contributed by atoms with Gasteiger partial charge < -0.3 is 4.74 Å². The van der Waals surface area contributed by atoms with E-state index in [1.54, 1.807) is 37.5 Å². The molecule has 0 radical (unpaired) electrons. The summed E-state index contributed by atoms with van der Waals surface area (Å²) in [5.41, 5.74) is 0.780. The maximum Gasteiger partial charge on any atom is 0.284 e. The Labute approximate surface area is 178 Å². The molecule has 1 saturated heterocycles. The summed E-state index contributed by atoms with van der Waals surface area (Å²) in [6, 6.07) is 12.8. The van der Waals surface area contributed by atoms with Crippen molar-refractivity contribution in [3.8, 4) is 5.75 Å². The average Bonchev–Trinajstić information content (AvgIpc) is 2.97. The van der Waals surface area contributed by atoms with E-state index in [4.69, 9.17) is 16.3 Å². The Morgan fingerprint density at radius 3 is 2.41 bits per heavy atom. The zero-order chi connectivity index (χ0) is 21.0. The predicted octanol–water partition coefficient (Wildman–Crippen LogP) is 4.20. The van der Waals surface area contributed by atoms with Crippen LogP contribution in [0.1, 0.15) is 5.56 Å². The predicted molar refractivity (Wildman–Crippen MR) is 117 cm³/mol. The minimum absolute atomic E-state index is 0.00594. The molecule has 0 bridgehead atoms. The van der Waals surface area contributed by atoms with Crippen LogP contribution in [0.25, 0.3) is 6.08 Å². The molecule has 2 aromatic rings. The quantitative estimate of drug-likeness (QED) is 0.489. The first-order valence-electron chi connectivity index (χ1n) is 8.41. The number of carbonyl (C=O) groups excluding carboxylic acids is 1. The topological polar surface area (TPSA) is 76.0 Å². The molecule has 0 unspecified atom stereocenters. The van der Waals surface area contributed by atoms with Crippen molar-refractivity contribution >= 4 is 50.5 Å². The van der Waals surface area contributed by atoms with Gasteiger partial charge in [0.05, 0.1) is 16.9 Å². The number of methoxy groups -OCH3 is 1. The molecule has 1 aliphatic heterocycles. The van der Waals surface area contributed by atoms with Crippen LogP contribution in [-0.4, -0.2) is 38.0 Å². The van der Waals surface area contributed by atoms with Gasteiger partial charge in [0.2, 0.25) is 0 Å². The number of nitrogens with zero attached hydrogens (tertiary/aromatic N) is 2. The van der Waals surface area contributed by atoms with Crippen LogP contribution in [0.2, 0.25) is 5.02 Å². The van der Waals surface area contributed by atoms with Crippen LogP contribution < -0.4 is 4.74 Å². The molecule has 0 atom stereocenters. The number of ether oxygens (including phenoxy) is 1. The Hall–Kier alpha value is -2.55. The number of amidine groups is 1. The highest BCUT2D eigenvalue weighted by molar-refractivity contribution is 8.19. The lowest BCUT2D eigenvalue weighted by Crippen LogP contribution is -2.29. The van der Waals surface area contributed by atoms with Crippen LogP contribution >= 0.6 is 23.4 Å². The maximum atomic E-state index is 12.8. The number of rotatable bonds is 6. The summed E-state index contributed by atoms with van der Waals surface area (Å²) in [6.07, 6.45) is 3.19. The van der Waals surface area contributed by atoms with E-state index < -0.39 is 10.0 Å². The van der Waals surface area contributed by atoms with Crippen LogP contribution in [-0.2, 0) is 14.8 Å². The van der Waals surface area contributed by atoms with Gasteiger partial charge in [0.1, 0.15) is 5.75 Å². The highest BCUT2D eigenvalue weighted by Crippen LogP contribution is 2.34. The first kappa shape index (κ1) is 21.2. The van der Waals surface area contributed by atoms with Crippen molar-refractivity contribution in [2.45, 2.75) is 4.90 Å². The second kappa shape index (κ2) is 8.86. The lowest BCUT2D eigenvalue weighted by Gasteiger charge is -2.12. The second-order valence-corrected chi connectivity index (χ2v) is 8.94.